The number of nitrogens with zero attached hydrogens (tertiary/aromatic N) is 2. The van der Waals surface area contributed by atoms with E-state index in [2.05, 4.69) is 0 Å². The molecular formula is C20H23ClN2O3. The van der Waals surface area contributed by atoms with Crippen molar-refractivity contribution in [2.24, 2.45) is 0 Å². The summed E-state index contributed by atoms with van der Waals surface area (Å²) >= 11 is 6.07. The van der Waals surface area contributed by atoms with Gasteiger partial charge in [-0.3, -0.25) is 9.59 Å². The number of halogens is 1. The number of carbonyl (C=O) groups is 2. The molecule has 0 N–H and O–H groups in total. The summed E-state index contributed by atoms with van der Waals surface area (Å²) in [5.41, 5.74) is 1.20. The third kappa shape index (κ3) is 6.17. The Morgan fingerprint density at radius 2 is 1.73 bits per heavy atom. The zero-order chi connectivity index (χ0) is 18.9. The third-order valence-electron chi connectivity index (χ3n) is 3.73. The Labute approximate surface area is 159 Å². The van der Waals surface area contributed by atoms with Crippen molar-refractivity contribution in [3.05, 3.63) is 65.2 Å². The number of esters is 1. The fourth-order valence-electron chi connectivity index (χ4n) is 2.35. The van der Waals surface area contributed by atoms with Crippen molar-refractivity contribution < 1.29 is 14.3 Å². The summed E-state index contributed by atoms with van der Waals surface area (Å²) in [6, 6.07) is 16.0. The molecule has 2 rings (SSSR count). The zero-order valence-corrected chi connectivity index (χ0v) is 15.8. The van der Waals surface area contributed by atoms with Crippen LogP contribution in [-0.2, 0) is 9.53 Å². The summed E-state index contributed by atoms with van der Waals surface area (Å²) in [5.74, 6) is -0.520. The number of hydrogen-bond donors (Lipinski definition) is 0. The predicted octanol–water partition coefficient (Wildman–Crippen LogP) is 3.48. The van der Waals surface area contributed by atoms with Crippen LogP contribution in [0, 0.1) is 0 Å². The Hall–Kier alpha value is -2.37. The summed E-state index contributed by atoms with van der Waals surface area (Å²) in [4.78, 5) is 28.4. The maximum atomic E-state index is 12.9. The largest absolute Gasteiger partial charge is 0.464 e. The van der Waals surface area contributed by atoms with Crippen molar-refractivity contribution in [2.75, 3.05) is 38.7 Å². The first-order valence-corrected chi connectivity index (χ1v) is 8.78. The highest BCUT2D eigenvalue weighted by Crippen LogP contribution is 2.22. The summed E-state index contributed by atoms with van der Waals surface area (Å²) < 4.78 is 5.20. The number of benzene rings is 2. The van der Waals surface area contributed by atoms with E-state index in [1.807, 2.05) is 25.1 Å². The molecule has 5 nitrogen and oxygen atoms in total. The Balaban J connectivity index is 2.09. The van der Waals surface area contributed by atoms with Crippen LogP contribution in [0.4, 0.5) is 5.69 Å². The van der Waals surface area contributed by atoms with Crippen LogP contribution in [-0.4, -0.2) is 50.6 Å². The van der Waals surface area contributed by atoms with Gasteiger partial charge in [0.15, 0.2) is 0 Å². The summed E-state index contributed by atoms with van der Waals surface area (Å²) in [6.45, 7) is 1.21. The van der Waals surface area contributed by atoms with Crippen molar-refractivity contribution in [3.8, 4) is 0 Å². The Morgan fingerprint density at radius 1 is 1.00 bits per heavy atom. The maximum Gasteiger partial charge on any atom is 0.307 e. The lowest BCUT2D eigenvalue weighted by atomic mass is 10.1. The molecule has 0 radical (unpaired) electrons. The molecular weight excluding hydrogens is 352 g/mol. The normalized spacial score (nSPS) is 10.6. The van der Waals surface area contributed by atoms with Gasteiger partial charge in [0.05, 0.1) is 6.42 Å². The highest BCUT2D eigenvalue weighted by molar-refractivity contribution is 6.31. The fourth-order valence-corrected chi connectivity index (χ4v) is 2.53. The monoisotopic (exact) mass is 374 g/mol. The quantitative estimate of drug-likeness (QED) is 0.664. The molecule has 2 aromatic rings. The highest BCUT2D eigenvalue weighted by Gasteiger charge is 2.19. The van der Waals surface area contributed by atoms with Gasteiger partial charge in [-0.25, -0.2) is 0 Å². The number of amides is 1. The van der Waals surface area contributed by atoms with Gasteiger partial charge in [-0.1, -0.05) is 35.9 Å². The molecule has 0 atom stereocenters. The van der Waals surface area contributed by atoms with Crippen molar-refractivity contribution >= 4 is 29.2 Å². The standard InChI is InChI=1S/C20H23ClN2O3/c1-22(2)13-14-26-19(24)11-12-23(18-10-6-9-17(21)15-18)20(25)16-7-4-3-5-8-16/h3-10,15H,11-14H2,1-2H3. The molecule has 0 aliphatic heterocycles. The number of carbonyl (C=O) groups excluding carboxylic acids is 2. The van der Waals surface area contributed by atoms with Gasteiger partial charge in [-0.2, -0.15) is 0 Å². The van der Waals surface area contributed by atoms with E-state index in [1.165, 1.54) is 0 Å². The average molecular weight is 375 g/mol. The molecule has 26 heavy (non-hydrogen) atoms. The Morgan fingerprint density at radius 3 is 2.38 bits per heavy atom. The average Bonchev–Trinajstić information content (AvgIpc) is 2.62. The Kier molecular flexibility index (Phi) is 7.63. The molecule has 6 heteroatoms. The van der Waals surface area contributed by atoms with Crippen molar-refractivity contribution in [2.45, 2.75) is 6.42 Å². The predicted molar refractivity (Wildman–Crippen MR) is 104 cm³/mol. The van der Waals surface area contributed by atoms with Crippen LogP contribution in [0.1, 0.15) is 16.8 Å². The zero-order valence-electron chi connectivity index (χ0n) is 15.0. The van der Waals surface area contributed by atoms with Crippen LogP contribution in [0.25, 0.3) is 0 Å². The van der Waals surface area contributed by atoms with E-state index in [-0.39, 0.29) is 24.8 Å². The first kappa shape index (κ1) is 19.9. The van der Waals surface area contributed by atoms with Crippen molar-refractivity contribution in [3.63, 3.8) is 0 Å². The molecule has 2 aromatic carbocycles. The number of anilines is 1. The Bertz CT molecular complexity index is 735. The summed E-state index contributed by atoms with van der Waals surface area (Å²) in [5, 5.41) is 0.530. The van der Waals surface area contributed by atoms with Gasteiger partial charge in [0.25, 0.3) is 5.91 Å². The molecule has 0 spiro atoms. The molecule has 0 unspecified atom stereocenters. The second-order valence-electron chi connectivity index (χ2n) is 6.08. The SMILES string of the molecule is CN(C)CCOC(=O)CCN(C(=O)c1ccccc1)c1cccc(Cl)c1. The molecule has 0 aliphatic rings. The van der Waals surface area contributed by atoms with Gasteiger partial charge < -0.3 is 14.5 Å². The van der Waals surface area contributed by atoms with Gasteiger partial charge in [-0.15, -0.1) is 0 Å². The molecule has 0 saturated heterocycles. The van der Waals surface area contributed by atoms with Crippen LogP contribution in [0.2, 0.25) is 5.02 Å². The van der Waals surface area contributed by atoms with E-state index in [0.717, 1.165) is 0 Å². The first-order chi connectivity index (χ1) is 12.5. The molecule has 0 fully saturated rings. The lowest BCUT2D eigenvalue weighted by Crippen LogP contribution is -2.33. The van der Waals surface area contributed by atoms with E-state index in [0.29, 0.717) is 29.4 Å². The molecule has 0 saturated carbocycles. The van der Waals surface area contributed by atoms with Crippen molar-refractivity contribution in [1.29, 1.82) is 0 Å². The number of ether oxygens (including phenoxy) is 1. The summed E-state index contributed by atoms with van der Waals surface area (Å²) in [7, 11) is 3.82. The van der Waals surface area contributed by atoms with E-state index in [9.17, 15) is 9.59 Å². The van der Waals surface area contributed by atoms with Crippen LogP contribution in [0.3, 0.4) is 0 Å². The molecule has 0 bridgehead atoms. The molecule has 1 amide bonds. The first-order valence-electron chi connectivity index (χ1n) is 8.40. The third-order valence-corrected chi connectivity index (χ3v) is 3.96. The maximum absolute atomic E-state index is 12.9. The molecule has 0 aliphatic carbocycles. The molecule has 0 aromatic heterocycles. The second kappa shape index (κ2) is 9.94. The molecule has 0 heterocycles. The molecule has 138 valence electrons. The van der Waals surface area contributed by atoms with Crippen LogP contribution < -0.4 is 4.90 Å². The van der Waals surface area contributed by atoms with Crippen molar-refractivity contribution in [1.82, 2.24) is 4.90 Å². The van der Waals surface area contributed by atoms with Gasteiger partial charge in [0.1, 0.15) is 6.61 Å². The smallest absolute Gasteiger partial charge is 0.307 e. The summed E-state index contributed by atoms with van der Waals surface area (Å²) in [6.07, 6.45) is 0.110. The minimum atomic E-state index is -0.334. The van der Waals surface area contributed by atoms with E-state index < -0.39 is 0 Å². The van der Waals surface area contributed by atoms with Crippen LogP contribution in [0.5, 0.6) is 0 Å². The highest BCUT2D eigenvalue weighted by atomic mass is 35.5. The van der Waals surface area contributed by atoms with Gasteiger partial charge >= 0.3 is 5.97 Å². The number of hydrogen-bond acceptors (Lipinski definition) is 4. The topological polar surface area (TPSA) is 49.9 Å². The van der Waals surface area contributed by atoms with Crippen LogP contribution >= 0.6 is 11.6 Å². The van der Waals surface area contributed by atoms with E-state index >= 15 is 0 Å². The minimum absolute atomic E-state index is 0.110. The number of rotatable bonds is 8. The van der Waals surface area contributed by atoms with Gasteiger partial charge in [-0.05, 0) is 44.4 Å². The lowest BCUT2D eigenvalue weighted by Gasteiger charge is -2.23. The van der Waals surface area contributed by atoms with E-state index in [4.69, 9.17) is 16.3 Å². The fraction of sp³-hybridized carbons (Fsp3) is 0.300. The van der Waals surface area contributed by atoms with Gasteiger partial charge in [0, 0.05) is 29.4 Å². The van der Waals surface area contributed by atoms with Gasteiger partial charge in [0.2, 0.25) is 0 Å². The lowest BCUT2D eigenvalue weighted by molar-refractivity contribution is -0.143. The van der Waals surface area contributed by atoms with E-state index in [1.54, 1.807) is 53.4 Å². The minimum Gasteiger partial charge on any atom is -0.464 e. The second-order valence-corrected chi connectivity index (χ2v) is 6.51. The van der Waals surface area contributed by atoms with Crippen LogP contribution in [0.15, 0.2) is 54.6 Å². The number of likely N-dealkylation sites (N-methyl/N-ethyl adjacent to an activating group) is 1.